The molecule has 1 N–H and O–H groups in total. The normalized spacial score (nSPS) is 17.2. The van der Waals surface area contributed by atoms with E-state index in [0.29, 0.717) is 24.5 Å². The average molecular weight is 502 g/mol. The van der Waals surface area contributed by atoms with Gasteiger partial charge in [-0.2, -0.15) is 0 Å². The average Bonchev–Trinajstić information content (AvgIpc) is 3.63. The predicted octanol–water partition coefficient (Wildman–Crippen LogP) is 6.32. The summed E-state index contributed by atoms with van der Waals surface area (Å²) in [5.41, 5.74) is 2.47. The number of thiophene rings is 2. The van der Waals surface area contributed by atoms with Crippen molar-refractivity contribution in [3.05, 3.63) is 116 Å². The number of hydrogen-bond acceptors (Lipinski definition) is 6. The Bertz CT molecular complexity index is 1380. The van der Waals surface area contributed by atoms with Crippen LogP contribution in [-0.4, -0.2) is 21.7 Å². The van der Waals surface area contributed by atoms with Gasteiger partial charge in [0.1, 0.15) is 24.2 Å². The van der Waals surface area contributed by atoms with E-state index >= 15 is 0 Å². The number of amides is 1. The Balaban J connectivity index is 1.48. The summed E-state index contributed by atoms with van der Waals surface area (Å²) in [5.74, 6) is -0.746. The van der Waals surface area contributed by atoms with Crippen LogP contribution in [-0.2, 0) is 22.7 Å². The first kappa shape index (κ1) is 23.1. The van der Waals surface area contributed by atoms with Crippen LogP contribution in [0.3, 0.4) is 0 Å². The van der Waals surface area contributed by atoms with Gasteiger partial charge in [0.25, 0.3) is 11.7 Å². The van der Waals surface area contributed by atoms with Crippen LogP contribution in [0.2, 0.25) is 0 Å². The molecule has 1 atom stereocenters. The number of carbonyl (C=O) groups excluding carboxylic acids is 2. The van der Waals surface area contributed by atoms with Gasteiger partial charge in [-0.15, -0.1) is 22.7 Å². The molecule has 1 amide bonds. The largest absolute Gasteiger partial charge is 0.507 e. The molecule has 4 aromatic rings. The predicted molar refractivity (Wildman–Crippen MR) is 138 cm³/mol. The third-order valence-corrected chi connectivity index (χ3v) is 7.73. The van der Waals surface area contributed by atoms with E-state index in [1.165, 1.54) is 22.7 Å². The lowest BCUT2D eigenvalue weighted by atomic mass is 9.98. The minimum absolute atomic E-state index is 0.117. The summed E-state index contributed by atoms with van der Waals surface area (Å²) in [5, 5.41) is 15.1. The van der Waals surface area contributed by atoms with Gasteiger partial charge in [0, 0.05) is 15.3 Å². The van der Waals surface area contributed by atoms with Crippen molar-refractivity contribution in [3.63, 3.8) is 0 Å². The molecule has 5 nitrogen and oxygen atoms in total. The van der Waals surface area contributed by atoms with Gasteiger partial charge in [-0.05, 0) is 59.1 Å². The zero-order chi connectivity index (χ0) is 24.4. The summed E-state index contributed by atoms with van der Waals surface area (Å²) in [6.07, 6.45) is 0. The smallest absolute Gasteiger partial charge is 0.296 e. The van der Waals surface area contributed by atoms with Crippen LogP contribution >= 0.6 is 22.7 Å². The first-order valence-electron chi connectivity index (χ1n) is 11.1. The van der Waals surface area contributed by atoms with Crippen LogP contribution in [0.25, 0.3) is 5.76 Å². The zero-order valence-electron chi connectivity index (χ0n) is 19.0. The molecule has 1 saturated heterocycles. The van der Waals surface area contributed by atoms with E-state index in [0.717, 1.165) is 20.9 Å². The van der Waals surface area contributed by atoms with Crippen molar-refractivity contribution in [2.75, 3.05) is 0 Å². The molecule has 7 heteroatoms. The maximum absolute atomic E-state index is 13.2. The van der Waals surface area contributed by atoms with Crippen molar-refractivity contribution in [1.29, 1.82) is 0 Å². The highest BCUT2D eigenvalue weighted by Crippen LogP contribution is 2.42. The van der Waals surface area contributed by atoms with Gasteiger partial charge >= 0.3 is 0 Å². The number of carbonyl (C=O) groups is 2. The lowest BCUT2D eigenvalue weighted by Crippen LogP contribution is -2.28. The Labute approximate surface area is 211 Å². The molecule has 2 aromatic carbocycles. The SMILES string of the molecule is Cc1cc(/C(O)=C2/C(=O)C(=O)N(Cc3cccs3)C2c2cccs2)ccc1OCc1ccccc1. The van der Waals surface area contributed by atoms with E-state index in [9.17, 15) is 14.7 Å². The van der Waals surface area contributed by atoms with Crippen molar-refractivity contribution >= 4 is 40.1 Å². The monoisotopic (exact) mass is 501 g/mol. The Morgan fingerprint density at radius 2 is 1.74 bits per heavy atom. The summed E-state index contributed by atoms with van der Waals surface area (Å²) in [7, 11) is 0. The molecule has 1 aliphatic rings. The molecular formula is C28H23NO4S2. The fraction of sp³-hybridized carbons (Fsp3) is 0.143. The topological polar surface area (TPSA) is 66.8 Å². The second-order valence-electron chi connectivity index (χ2n) is 8.28. The number of Topliss-reactive ketones (excluding diaryl/α,β-unsaturated/α-hetero) is 1. The Hall–Kier alpha value is -3.68. The molecule has 2 aromatic heterocycles. The number of likely N-dealkylation sites (tertiary alicyclic amines) is 1. The first-order chi connectivity index (χ1) is 17.0. The van der Waals surface area contributed by atoms with Gasteiger partial charge in [-0.1, -0.05) is 42.5 Å². The standard InChI is InChI=1S/C28H23NO4S2/c1-18-15-20(11-12-22(18)33-17-19-7-3-2-4-8-19)26(30)24-25(23-10-6-14-35-23)29(28(32)27(24)31)16-21-9-5-13-34-21/h2-15,25,30H,16-17H2,1H3/b26-24-. The maximum Gasteiger partial charge on any atom is 0.296 e. The number of aryl methyl sites for hydroxylation is 1. The number of hydrogen-bond donors (Lipinski definition) is 1. The molecule has 3 heterocycles. The molecule has 0 spiro atoms. The van der Waals surface area contributed by atoms with Crippen LogP contribution in [0, 0.1) is 6.92 Å². The Kier molecular flexibility index (Phi) is 6.53. The van der Waals surface area contributed by atoms with Crippen molar-refractivity contribution in [3.8, 4) is 5.75 Å². The molecule has 35 heavy (non-hydrogen) atoms. The van der Waals surface area contributed by atoms with E-state index in [2.05, 4.69) is 0 Å². The molecule has 1 unspecified atom stereocenters. The molecule has 5 rings (SSSR count). The van der Waals surface area contributed by atoms with Crippen molar-refractivity contribution in [1.82, 2.24) is 4.90 Å². The molecule has 0 aliphatic carbocycles. The molecule has 0 bridgehead atoms. The van der Waals surface area contributed by atoms with Gasteiger partial charge in [0.05, 0.1) is 12.1 Å². The Morgan fingerprint density at radius 1 is 0.971 bits per heavy atom. The Morgan fingerprint density at radius 3 is 2.43 bits per heavy atom. The summed E-state index contributed by atoms with van der Waals surface area (Å²) in [4.78, 5) is 29.6. The first-order valence-corrected chi connectivity index (χ1v) is 12.9. The molecule has 1 fully saturated rings. The summed E-state index contributed by atoms with van der Waals surface area (Å²) < 4.78 is 5.95. The molecule has 0 saturated carbocycles. The molecular weight excluding hydrogens is 478 g/mol. The lowest BCUT2D eigenvalue weighted by molar-refractivity contribution is -0.140. The molecule has 0 radical (unpaired) electrons. The second kappa shape index (κ2) is 9.90. The minimum Gasteiger partial charge on any atom is -0.507 e. The van der Waals surface area contributed by atoms with Gasteiger partial charge in [-0.25, -0.2) is 0 Å². The van der Waals surface area contributed by atoms with Crippen molar-refractivity contribution in [2.45, 2.75) is 26.1 Å². The number of aliphatic hydroxyl groups excluding tert-OH is 1. The lowest BCUT2D eigenvalue weighted by Gasteiger charge is -2.23. The highest BCUT2D eigenvalue weighted by molar-refractivity contribution is 7.10. The summed E-state index contributed by atoms with van der Waals surface area (Å²) >= 11 is 2.99. The zero-order valence-corrected chi connectivity index (χ0v) is 20.6. The summed E-state index contributed by atoms with van der Waals surface area (Å²) in [6, 6.07) is 22.2. The third-order valence-electron chi connectivity index (χ3n) is 5.94. The number of ketones is 1. The molecule has 176 valence electrons. The second-order valence-corrected chi connectivity index (χ2v) is 10.3. The van der Waals surface area contributed by atoms with E-state index in [1.54, 1.807) is 23.1 Å². The van der Waals surface area contributed by atoms with E-state index in [1.807, 2.05) is 72.3 Å². The van der Waals surface area contributed by atoms with Gasteiger partial charge in [0.2, 0.25) is 0 Å². The van der Waals surface area contributed by atoms with Crippen molar-refractivity contribution in [2.24, 2.45) is 0 Å². The number of nitrogens with zero attached hydrogens (tertiary/aromatic N) is 1. The number of rotatable bonds is 7. The van der Waals surface area contributed by atoms with Crippen LogP contribution in [0.5, 0.6) is 5.75 Å². The van der Waals surface area contributed by atoms with E-state index in [-0.39, 0.29) is 11.3 Å². The quantitative estimate of drug-likeness (QED) is 0.183. The van der Waals surface area contributed by atoms with Gasteiger partial charge in [0.15, 0.2) is 0 Å². The number of benzene rings is 2. The number of ether oxygens (including phenoxy) is 1. The van der Waals surface area contributed by atoms with Crippen LogP contribution in [0.1, 0.15) is 32.5 Å². The van der Waals surface area contributed by atoms with Crippen LogP contribution in [0.15, 0.2) is 89.1 Å². The van der Waals surface area contributed by atoms with Crippen LogP contribution in [0.4, 0.5) is 0 Å². The van der Waals surface area contributed by atoms with Gasteiger partial charge < -0.3 is 14.7 Å². The van der Waals surface area contributed by atoms with Gasteiger partial charge in [-0.3, -0.25) is 9.59 Å². The third kappa shape index (κ3) is 4.65. The highest BCUT2D eigenvalue weighted by atomic mass is 32.1. The van der Waals surface area contributed by atoms with Crippen molar-refractivity contribution < 1.29 is 19.4 Å². The number of aliphatic hydroxyl groups is 1. The molecule has 1 aliphatic heterocycles. The van der Waals surface area contributed by atoms with E-state index < -0.39 is 17.7 Å². The minimum atomic E-state index is -0.667. The summed E-state index contributed by atoms with van der Waals surface area (Å²) in [6.45, 7) is 2.63. The maximum atomic E-state index is 13.2. The fourth-order valence-electron chi connectivity index (χ4n) is 4.21. The van der Waals surface area contributed by atoms with E-state index in [4.69, 9.17) is 4.74 Å². The fourth-order valence-corrected chi connectivity index (χ4v) is 5.75. The van der Waals surface area contributed by atoms with Crippen LogP contribution < -0.4 is 4.74 Å². The highest BCUT2D eigenvalue weighted by Gasteiger charge is 2.46.